The van der Waals surface area contributed by atoms with E-state index in [2.05, 4.69) is 15.9 Å². The molecule has 5 heteroatoms. The van der Waals surface area contributed by atoms with Gasteiger partial charge in [0.05, 0.1) is 12.6 Å². The van der Waals surface area contributed by atoms with Gasteiger partial charge in [-0.1, -0.05) is 33.6 Å². The quantitative estimate of drug-likeness (QED) is 0.860. The topological polar surface area (TPSA) is 35.2 Å². The lowest BCUT2D eigenvalue weighted by Crippen LogP contribution is -2.14. The van der Waals surface area contributed by atoms with Gasteiger partial charge in [-0.3, -0.25) is 0 Å². The van der Waals surface area contributed by atoms with Crippen molar-refractivity contribution < 1.29 is 9.13 Å². The number of hydrogen-bond donors (Lipinski definition) is 1. The Morgan fingerprint density at radius 3 is 2.65 bits per heavy atom. The van der Waals surface area contributed by atoms with Crippen LogP contribution in [0.25, 0.3) is 0 Å². The van der Waals surface area contributed by atoms with Crippen molar-refractivity contribution in [3.63, 3.8) is 0 Å². The molecular weight excluding hydrogens is 345 g/mol. The van der Waals surface area contributed by atoms with Gasteiger partial charge >= 0.3 is 0 Å². The molecule has 1 atom stereocenters. The second-order valence-corrected chi connectivity index (χ2v) is 5.58. The Morgan fingerprint density at radius 2 is 2.00 bits per heavy atom. The number of nitrogens with two attached hydrogens (primary N) is 1. The fourth-order valence-corrected chi connectivity index (χ4v) is 2.63. The zero-order valence-corrected chi connectivity index (χ0v) is 13.2. The van der Waals surface area contributed by atoms with Gasteiger partial charge in [0.25, 0.3) is 0 Å². The Balaban J connectivity index is 2.46. The van der Waals surface area contributed by atoms with Crippen LogP contribution in [0.5, 0.6) is 5.75 Å². The Labute approximate surface area is 130 Å². The molecule has 1 unspecified atom stereocenters. The minimum atomic E-state index is -0.484. The number of ether oxygens (including phenoxy) is 1. The van der Waals surface area contributed by atoms with E-state index in [-0.39, 0.29) is 5.82 Å². The molecule has 0 aliphatic rings. The average molecular weight is 359 g/mol. The Morgan fingerprint density at radius 1 is 1.25 bits per heavy atom. The molecule has 2 N–H and O–H groups in total. The largest absolute Gasteiger partial charge is 0.494 e. The minimum Gasteiger partial charge on any atom is -0.494 e. The normalized spacial score (nSPS) is 12.2. The van der Waals surface area contributed by atoms with Crippen LogP contribution < -0.4 is 10.5 Å². The lowest BCUT2D eigenvalue weighted by molar-refractivity contribution is 0.335. The average Bonchev–Trinajstić information content (AvgIpc) is 2.40. The first kappa shape index (κ1) is 15.3. The summed E-state index contributed by atoms with van der Waals surface area (Å²) in [4.78, 5) is 0. The van der Waals surface area contributed by atoms with Crippen molar-refractivity contribution in [2.75, 3.05) is 6.61 Å². The van der Waals surface area contributed by atoms with Gasteiger partial charge in [0.2, 0.25) is 0 Å². The summed E-state index contributed by atoms with van der Waals surface area (Å²) >= 11 is 9.49. The Bertz CT molecular complexity index is 621. The molecule has 0 aliphatic carbocycles. The molecule has 2 nitrogen and oxygen atoms in total. The lowest BCUT2D eigenvalue weighted by atomic mass is 9.98. The third kappa shape index (κ3) is 3.32. The second-order valence-electron chi connectivity index (χ2n) is 4.26. The predicted octanol–water partition coefficient (Wildman–Crippen LogP) is 4.69. The molecule has 0 heterocycles. The molecule has 0 aliphatic heterocycles. The standard InChI is InChI=1S/C15H14BrClFNO/c1-2-20-14-6-3-9(16)7-12(14)15(19)11-5-4-10(18)8-13(11)17/h3-8,15H,2,19H2,1H3. The van der Waals surface area contributed by atoms with Crippen molar-refractivity contribution in [2.24, 2.45) is 5.73 Å². The molecule has 2 aromatic carbocycles. The molecule has 2 rings (SSSR count). The first-order valence-corrected chi connectivity index (χ1v) is 7.32. The van der Waals surface area contributed by atoms with Gasteiger partial charge in [-0.05, 0) is 42.8 Å². The van der Waals surface area contributed by atoms with E-state index in [0.717, 1.165) is 10.0 Å². The molecule has 0 saturated heterocycles. The molecule has 2 aromatic rings. The predicted molar refractivity (Wildman–Crippen MR) is 82.8 cm³/mol. The van der Waals surface area contributed by atoms with Crippen LogP contribution in [0.1, 0.15) is 24.1 Å². The molecule has 0 fully saturated rings. The molecule has 0 radical (unpaired) electrons. The van der Waals surface area contributed by atoms with E-state index < -0.39 is 6.04 Å². The van der Waals surface area contributed by atoms with E-state index in [1.54, 1.807) is 6.07 Å². The van der Waals surface area contributed by atoms with Crippen LogP contribution in [0.15, 0.2) is 40.9 Å². The van der Waals surface area contributed by atoms with E-state index in [1.807, 2.05) is 25.1 Å². The molecule has 0 saturated carbocycles. The number of hydrogen-bond acceptors (Lipinski definition) is 2. The molecule has 0 spiro atoms. The smallest absolute Gasteiger partial charge is 0.124 e. The highest BCUT2D eigenvalue weighted by Gasteiger charge is 2.17. The van der Waals surface area contributed by atoms with Gasteiger partial charge in [0.1, 0.15) is 11.6 Å². The number of benzene rings is 2. The maximum atomic E-state index is 13.1. The van der Waals surface area contributed by atoms with Gasteiger partial charge in [-0.15, -0.1) is 0 Å². The first-order valence-electron chi connectivity index (χ1n) is 6.15. The lowest BCUT2D eigenvalue weighted by Gasteiger charge is -2.18. The third-order valence-corrected chi connectivity index (χ3v) is 3.72. The van der Waals surface area contributed by atoms with Gasteiger partial charge in [-0.2, -0.15) is 0 Å². The van der Waals surface area contributed by atoms with Crippen molar-refractivity contribution in [3.05, 3.63) is 62.8 Å². The van der Waals surface area contributed by atoms with Gasteiger partial charge in [0, 0.05) is 15.1 Å². The number of halogens is 3. The van der Waals surface area contributed by atoms with Crippen LogP contribution in [0, 0.1) is 5.82 Å². The van der Waals surface area contributed by atoms with Crippen molar-refractivity contribution in [1.82, 2.24) is 0 Å². The van der Waals surface area contributed by atoms with Crippen LogP contribution in [-0.2, 0) is 0 Å². The van der Waals surface area contributed by atoms with Crippen molar-refractivity contribution >= 4 is 27.5 Å². The van der Waals surface area contributed by atoms with Gasteiger partial charge in [0.15, 0.2) is 0 Å². The molecule has 0 aromatic heterocycles. The summed E-state index contributed by atoms with van der Waals surface area (Å²) in [6.07, 6.45) is 0. The summed E-state index contributed by atoms with van der Waals surface area (Å²) in [5.74, 6) is 0.314. The molecule has 106 valence electrons. The summed E-state index contributed by atoms with van der Waals surface area (Å²) in [6, 6.07) is 9.33. The Kier molecular flexibility index (Phi) is 5.02. The van der Waals surface area contributed by atoms with Crippen molar-refractivity contribution in [3.8, 4) is 5.75 Å². The highest BCUT2D eigenvalue weighted by molar-refractivity contribution is 9.10. The summed E-state index contributed by atoms with van der Waals surface area (Å²) in [5.41, 5.74) is 7.72. The maximum absolute atomic E-state index is 13.1. The fraction of sp³-hybridized carbons (Fsp3) is 0.200. The van der Waals surface area contributed by atoms with Crippen LogP contribution >= 0.6 is 27.5 Å². The Hall–Kier alpha value is -1.10. The zero-order chi connectivity index (χ0) is 14.7. The van der Waals surface area contributed by atoms with Gasteiger partial charge in [-0.25, -0.2) is 4.39 Å². The second kappa shape index (κ2) is 6.57. The minimum absolute atomic E-state index is 0.305. The first-order chi connectivity index (χ1) is 9.52. The SMILES string of the molecule is CCOc1ccc(Br)cc1C(N)c1ccc(F)cc1Cl. The zero-order valence-electron chi connectivity index (χ0n) is 10.9. The van der Waals surface area contributed by atoms with Crippen LogP contribution in [0.4, 0.5) is 4.39 Å². The van der Waals surface area contributed by atoms with Crippen LogP contribution in [-0.4, -0.2) is 6.61 Å². The van der Waals surface area contributed by atoms with Crippen molar-refractivity contribution in [1.29, 1.82) is 0 Å². The molecule has 0 amide bonds. The molecule has 20 heavy (non-hydrogen) atoms. The van der Waals surface area contributed by atoms with E-state index in [4.69, 9.17) is 22.1 Å². The highest BCUT2D eigenvalue weighted by atomic mass is 79.9. The summed E-state index contributed by atoms with van der Waals surface area (Å²) in [6.45, 7) is 2.45. The van der Waals surface area contributed by atoms with Crippen LogP contribution in [0.2, 0.25) is 5.02 Å². The van der Waals surface area contributed by atoms with Crippen molar-refractivity contribution in [2.45, 2.75) is 13.0 Å². The molecule has 0 bridgehead atoms. The molecular formula is C15H14BrClFNO. The maximum Gasteiger partial charge on any atom is 0.124 e. The van der Waals surface area contributed by atoms with E-state index in [0.29, 0.717) is 22.9 Å². The summed E-state index contributed by atoms with van der Waals surface area (Å²) in [5, 5.41) is 0.305. The number of rotatable bonds is 4. The van der Waals surface area contributed by atoms with E-state index in [9.17, 15) is 4.39 Å². The van der Waals surface area contributed by atoms with E-state index in [1.165, 1.54) is 12.1 Å². The van der Waals surface area contributed by atoms with Gasteiger partial charge < -0.3 is 10.5 Å². The summed E-state index contributed by atoms with van der Waals surface area (Å²) in [7, 11) is 0. The highest BCUT2D eigenvalue weighted by Crippen LogP contribution is 2.34. The monoisotopic (exact) mass is 357 g/mol. The van der Waals surface area contributed by atoms with E-state index >= 15 is 0 Å². The summed E-state index contributed by atoms with van der Waals surface area (Å²) < 4.78 is 19.6. The third-order valence-electron chi connectivity index (χ3n) is 2.90. The fourth-order valence-electron chi connectivity index (χ4n) is 1.97. The van der Waals surface area contributed by atoms with Crippen LogP contribution in [0.3, 0.4) is 0 Å².